The molecule has 2 aromatic carbocycles. The number of hydrogen-bond acceptors (Lipinski definition) is 2. The second-order valence-corrected chi connectivity index (χ2v) is 4.81. The highest BCUT2D eigenvalue weighted by Gasteiger charge is 2.25. The molecule has 2 rings (SSSR count). The number of benzene rings is 2. The van der Waals surface area contributed by atoms with Gasteiger partial charge in [-0.05, 0) is 24.1 Å². The van der Waals surface area contributed by atoms with Crippen LogP contribution in [0.5, 0.6) is 0 Å². The van der Waals surface area contributed by atoms with Crippen LogP contribution in [-0.4, -0.2) is 11.7 Å². The highest BCUT2D eigenvalue weighted by Crippen LogP contribution is 2.33. The predicted molar refractivity (Wildman–Crippen MR) is 74.3 cm³/mol. The molecule has 3 N–H and O–H groups in total. The molecule has 0 spiro atoms. The van der Waals surface area contributed by atoms with Gasteiger partial charge in [0.05, 0.1) is 6.10 Å². The Bertz CT molecular complexity index is 601. The van der Waals surface area contributed by atoms with Crippen LogP contribution in [0.15, 0.2) is 42.5 Å². The monoisotopic (exact) mass is 277 g/mol. The average molecular weight is 277 g/mol. The van der Waals surface area contributed by atoms with E-state index in [0.29, 0.717) is 0 Å². The lowest BCUT2D eigenvalue weighted by Crippen LogP contribution is -2.21. The zero-order valence-corrected chi connectivity index (χ0v) is 11.2. The van der Waals surface area contributed by atoms with E-state index in [4.69, 9.17) is 5.73 Å². The number of halogens is 2. The Morgan fingerprint density at radius 2 is 1.80 bits per heavy atom. The van der Waals surface area contributed by atoms with Crippen LogP contribution in [0, 0.1) is 18.6 Å². The lowest BCUT2D eigenvalue weighted by atomic mass is 9.86. The minimum atomic E-state index is -1.11. The summed E-state index contributed by atoms with van der Waals surface area (Å²) in [6.07, 6.45) is -1.11. The molecule has 0 fully saturated rings. The number of hydrogen-bond donors (Lipinski definition) is 2. The van der Waals surface area contributed by atoms with Crippen LogP contribution >= 0.6 is 0 Å². The van der Waals surface area contributed by atoms with E-state index in [1.165, 1.54) is 6.07 Å². The molecule has 0 radical (unpaired) electrons. The van der Waals surface area contributed by atoms with Gasteiger partial charge < -0.3 is 10.8 Å². The maximum Gasteiger partial charge on any atom is 0.131 e. The summed E-state index contributed by atoms with van der Waals surface area (Å²) in [6.45, 7) is 2.08. The summed E-state index contributed by atoms with van der Waals surface area (Å²) in [5, 5.41) is 10.4. The van der Waals surface area contributed by atoms with Gasteiger partial charge in [0.2, 0.25) is 0 Å². The van der Waals surface area contributed by atoms with Crippen molar-refractivity contribution in [1.29, 1.82) is 0 Å². The quantitative estimate of drug-likeness (QED) is 0.902. The van der Waals surface area contributed by atoms with Crippen molar-refractivity contribution in [1.82, 2.24) is 0 Å². The molecular weight excluding hydrogens is 260 g/mol. The number of aliphatic hydroxyl groups is 1. The molecule has 0 aliphatic carbocycles. The molecule has 20 heavy (non-hydrogen) atoms. The summed E-state index contributed by atoms with van der Waals surface area (Å²) < 4.78 is 26.7. The van der Waals surface area contributed by atoms with E-state index in [1.807, 2.05) is 31.2 Å². The fourth-order valence-corrected chi connectivity index (χ4v) is 2.39. The van der Waals surface area contributed by atoms with E-state index in [-0.39, 0.29) is 12.1 Å². The Hall–Kier alpha value is -1.78. The van der Waals surface area contributed by atoms with E-state index >= 15 is 0 Å². The standard InChI is InChI=1S/C16H17F2NO/c1-10-4-2-3-5-12(10)14(9-19)16(20)13-7-6-11(17)8-15(13)18/h2-8,14,16,20H,9,19H2,1H3. The minimum Gasteiger partial charge on any atom is -0.388 e. The molecule has 2 nitrogen and oxygen atoms in total. The second kappa shape index (κ2) is 6.11. The molecule has 4 heteroatoms. The highest BCUT2D eigenvalue weighted by molar-refractivity contribution is 5.33. The minimum absolute atomic E-state index is 0.0603. The smallest absolute Gasteiger partial charge is 0.131 e. The van der Waals surface area contributed by atoms with Gasteiger partial charge in [-0.15, -0.1) is 0 Å². The van der Waals surface area contributed by atoms with Gasteiger partial charge in [0, 0.05) is 24.1 Å². The van der Waals surface area contributed by atoms with Crippen LogP contribution < -0.4 is 5.73 Å². The molecule has 0 aliphatic rings. The first-order valence-corrected chi connectivity index (χ1v) is 6.43. The van der Waals surface area contributed by atoms with Crippen LogP contribution in [0.2, 0.25) is 0 Å². The summed E-state index contributed by atoms with van der Waals surface area (Å²) >= 11 is 0. The van der Waals surface area contributed by atoms with Crippen molar-refractivity contribution in [2.24, 2.45) is 5.73 Å². The molecule has 0 saturated heterocycles. The lowest BCUT2D eigenvalue weighted by molar-refractivity contribution is 0.142. The molecule has 106 valence electrons. The third-order valence-corrected chi connectivity index (χ3v) is 3.50. The fourth-order valence-electron chi connectivity index (χ4n) is 2.39. The van der Waals surface area contributed by atoms with E-state index in [1.54, 1.807) is 0 Å². The average Bonchev–Trinajstić information content (AvgIpc) is 2.41. The van der Waals surface area contributed by atoms with Gasteiger partial charge in [-0.25, -0.2) is 8.78 Å². The molecule has 2 atom stereocenters. The summed E-state index contributed by atoms with van der Waals surface area (Å²) in [4.78, 5) is 0. The number of nitrogens with two attached hydrogens (primary N) is 1. The SMILES string of the molecule is Cc1ccccc1C(CN)C(O)c1ccc(F)cc1F. The first-order valence-electron chi connectivity index (χ1n) is 6.43. The first kappa shape index (κ1) is 14.6. The fraction of sp³-hybridized carbons (Fsp3) is 0.250. The highest BCUT2D eigenvalue weighted by atomic mass is 19.1. The van der Waals surface area contributed by atoms with Crippen molar-refractivity contribution in [2.75, 3.05) is 6.54 Å². The third kappa shape index (κ3) is 2.86. The molecule has 0 amide bonds. The van der Waals surface area contributed by atoms with Crippen LogP contribution in [0.4, 0.5) is 8.78 Å². The van der Waals surface area contributed by atoms with Gasteiger partial charge in [0.15, 0.2) is 0 Å². The van der Waals surface area contributed by atoms with Crippen molar-refractivity contribution < 1.29 is 13.9 Å². The van der Waals surface area contributed by atoms with Gasteiger partial charge in [-0.2, -0.15) is 0 Å². The molecule has 0 bridgehead atoms. The molecule has 0 aromatic heterocycles. The Balaban J connectivity index is 2.39. The largest absolute Gasteiger partial charge is 0.388 e. The lowest BCUT2D eigenvalue weighted by Gasteiger charge is -2.24. The van der Waals surface area contributed by atoms with Gasteiger partial charge in [-0.1, -0.05) is 30.3 Å². The topological polar surface area (TPSA) is 46.2 Å². The van der Waals surface area contributed by atoms with Gasteiger partial charge in [0.25, 0.3) is 0 Å². The van der Waals surface area contributed by atoms with E-state index in [9.17, 15) is 13.9 Å². The van der Waals surface area contributed by atoms with Gasteiger partial charge >= 0.3 is 0 Å². The van der Waals surface area contributed by atoms with Gasteiger partial charge in [0.1, 0.15) is 11.6 Å². The zero-order chi connectivity index (χ0) is 14.7. The van der Waals surface area contributed by atoms with Crippen molar-refractivity contribution in [3.05, 3.63) is 70.8 Å². The Labute approximate surface area is 116 Å². The van der Waals surface area contributed by atoms with Crippen LogP contribution in [0.3, 0.4) is 0 Å². The summed E-state index contributed by atoms with van der Waals surface area (Å²) in [6, 6.07) is 10.7. The van der Waals surface area contributed by atoms with Crippen LogP contribution in [-0.2, 0) is 0 Å². The number of aliphatic hydroxyl groups excluding tert-OH is 1. The molecule has 0 saturated carbocycles. The van der Waals surface area contributed by atoms with E-state index in [2.05, 4.69) is 0 Å². The van der Waals surface area contributed by atoms with Crippen molar-refractivity contribution >= 4 is 0 Å². The summed E-state index contributed by atoms with van der Waals surface area (Å²) in [5.41, 5.74) is 7.64. The van der Waals surface area contributed by atoms with Crippen molar-refractivity contribution in [3.63, 3.8) is 0 Å². The Morgan fingerprint density at radius 3 is 2.40 bits per heavy atom. The Morgan fingerprint density at radius 1 is 1.10 bits per heavy atom. The maximum absolute atomic E-state index is 13.8. The van der Waals surface area contributed by atoms with Gasteiger partial charge in [-0.3, -0.25) is 0 Å². The van der Waals surface area contributed by atoms with E-state index in [0.717, 1.165) is 23.3 Å². The zero-order valence-electron chi connectivity index (χ0n) is 11.2. The van der Waals surface area contributed by atoms with Crippen molar-refractivity contribution in [3.8, 4) is 0 Å². The summed E-state index contributed by atoms with van der Waals surface area (Å²) in [7, 11) is 0. The third-order valence-electron chi connectivity index (χ3n) is 3.50. The van der Waals surface area contributed by atoms with Crippen molar-refractivity contribution in [2.45, 2.75) is 18.9 Å². The first-order chi connectivity index (χ1) is 9.54. The van der Waals surface area contributed by atoms with Crippen LogP contribution in [0.1, 0.15) is 28.7 Å². The predicted octanol–water partition coefficient (Wildman–Crippen LogP) is 3.05. The maximum atomic E-state index is 13.8. The Kier molecular flexibility index (Phi) is 4.47. The molecule has 2 aromatic rings. The second-order valence-electron chi connectivity index (χ2n) is 4.81. The van der Waals surface area contributed by atoms with Crippen LogP contribution in [0.25, 0.3) is 0 Å². The molecule has 0 aliphatic heterocycles. The normalized spacial score (nSPS) is 14.1. The molecule has 0 heterocycles. The number of rotatable bonds is 4. The molecular formula is C16H17F2NO. The summed E-state index contributed by atoms with van der Waals surface area (Å²) in [5.74, 6) is -1.86. The number of aryl methyl sites for hydroxylation is 1. The molecule has 2 unspecified atom stereocenters. The van der Waals surface area contributed by atoms with E-state index < -0.39 is 23.7 Å².